The predicted molar refractivity (Wildman–Crippen MR) is 65.6 cm³/mol. The number of nitrogens with one attached hydrogen (secondary N) is 2. The van der Waals surface area contributed by atoms with Crippen molar-refractivity contribution in [1.82, 2.24) is 14.9 Å². The summed E-state index contributed by atoms with van der Waals surface area (Å²) in [5.41, 5.74) is 1.44. The van der Waals surface area contributed by atoms with Crippen LogP contribution in [0.5, 0.6) is 0 Å². The molecule has 94 valence electrons. The lowest BCUT2D eigenvalue weighted by Crippen LogP contribution is -2.40. The number of benzene rings is 1. The minimum Gasteiger partial charge on any atom is -0.378 e. The number of nitrogens with zero attached hydrogens (tertiary/aromatic N) is 1. The molecule has 1 aromatic heterocycles. The fourth-order valence-electron chi connectivity index (χ4n) is 2.17. The summed E-state index contributed by atoms with van der Waals surface area (Å²) in [6.45, 7) is 2.30. The number of morpholine rings is 1. The van der Waals surface area contributed by atoms with Gasteiger partial charge in [0.15, 0.2) is 0 Å². The molecule has 0 spiro atoms. The minimum absolute atomic E-state index is 0.0702. The van der Waals surface area contributed by atoms with Crippen LogP contribution in [0.1, 0.15) is 10.4 Å². The number of aromatic nitrogens is 2. The van der Waals surface area contributed by atoms with Gasteiger partial charge in [-0.05, 0) is 12.1 Å². The summed E-state index contributed by atoms with van der Waals surface area (Å²) < 4.78 is 5.22. The molecule has 0 aliphatic carbocycles. The van der Waals surface area contributed by atoms with Gasteiger partial charge in [0, 0.05) is 13.1 Å². The molecular weight excluding hydrogens is 234 g/mol. The number of rotatable bonds is 1. The lowest BCUT2D eigenvalue weighted by atomic mass is 10.1. The number of H-pyrrole nitrogens is 2. The van der Waals surface area contributed by atoms with E-state index in [0.29, 0.717) is 42.9 Å². The van der Waals surface area contributed by atoms with E-state index in [9.17, 15) is 9.59 Å². The molecule has 6 nitrogen and oxygen atoms in total. The molecule has 0 bridgehead atoms. The number of amides is 1. The third kappa shape index (κ3) is 1.80. The molecule has 0 unspecified atom stereocenters. The Morgan fingerprint density at radius 2 is 2.00 bits per heavy atom. The first-order valence-electron chi connectivity index (χ1n) is 5.84. The number of carbonyl (C=O) groups excluding carboxylic acids is 1. The van der Waals surface area contributed by atoms with Gasteiger partial charge in [-0.25, -0.2) is 4.79 Å². The minimum atomic E-state index is -0.299. The molecule has 0 saturated carbocycles. The van der Waals surface area contributed by atoms with Gasteiger partial charge in [-0.3, -0.25) is 4.79 Å². The Hall–Kier alpha value is -2.08. The number of fused-ring (bicyclic) bond motifs is 1. The summed E-state index contributed by atoms with van der Waals surface area (Å²) in [4.78, 5) is 30.7. The Bertz CT molecular complexity index is 637. The Morgan fingerprint density at radius 3 is 2.78 bits per heavy atom. The summed E-state index contributed by atoms with van der Waals surface area (Å²) in [7, 11) is 0. The fraction of sp³-hybridized carbons (Fsp3) is 0.333. The Kier molecular flexibility index (Phi) is 2.64. The average molecular weight is 247 g/mol. The van der Waals surface area contributed by atoms with Crippen molar-refractivity contribution in [3.63, 3.8) is 0 Å². The van der Waals surface area contributed by atoms with Gasteiger partial charge in [0.05, 0.1) is 29.8 Å². The quantitative estimate of drug-likeness (QED) is 0.762. The number of hydrogen-bond acceptors (Lipinski definition) is 3. The first-order valence-corrected chi connectivity index (χ1v) is 5.84. The molecule has 1 aliphatic rings. The smallest absolute Gasteiger partial charge is 0.323 e. The number of aromatic amines is 2. The lowest BCUT2D eigenvalue weighted by molar-refractivity contribution is 0.0304. The van der Waals surface area contributed by atoms with Crippen molar-refractivity contribution in [3.05, 3.63) is 34.2 Å². The Morgan fingerprint density at radius 1 is 1.22 bits per heavy atom. The molecule has 3 rings (SSSR count). The van der Waals surface area contributed by atoms with Gasteiger partial charge in [0.1, 0.15) is 0 Å². The molecule has 1 aromatic carbocycles. The van der Waals surface area contributed by atoms with Gasteiger partial charge in [0.25, 0.3) is 5.91 Å². The molecule has 2 heterocycles. The molecule has 18 heavy (non-hydrogen) atoms. The molecule has 1 amide bonds. The van der Waals surface area contributed by atoms with E-state index in [1.54, 1.807) is 23.1 Å². The molecule has 1 fully saturated rings. The van der Waals surface area contributed by atoms with Crippen molar-refractivity contribution in [2.24, 2.45) is 0 Å². The molecule has 0 atom stereocenters. The van der Waals surface area contributed by atoms with E-state index < -0.39 is 0 Å². The zero-order valence-electron chi connectivity index (χ0n) is 9.73. The second kappa shape index (κ2) is 4.30. The van der Waals surface area contributed by atoms with Crippen LogP contribution >= 0.6 is 0 Å². The topological polar surface area (TPSA) is 78.2 Å². The van der Waals surface area contributed by atoms with Crippen LogP contribution in [0.25, 0.3) is 11.0 Å². The molecule has 2 N–H and O–H groups in total. The molecule has 0 radical (unpaired) electrons. The van der Waals surface area contributed by atoms with Crippen LogP contribution < -0.4 is 5.69 Å². The number of carbonyl (C=O) groups is 1. The molecule has 1 aliphatic heterocycles. The summed E-state index contributed by atoms with van der Waals surface area (Å²) in [5.74, 6) is -0.0702. The summed E-state index contributed by atoms with van der Waals surface area (Å²) in [6, 6.07) is 5.26. The lowest BCUT2D eigenvalue weighted by Gasteiger charge is -2.26. The van der Waals surface area contributed by atoms with Gasteiger partial charge < -0.3 is 19.6 Å². The van der Waals surface area contributed by atoms with E-state index in [1.165, 1.54) is 0 Å². The maximum absolute atomic E-state index is 12.4. The van der Waals surface area contributed by atoms with Crippen molar-refractivity contribution in [3.8, 4) is 0 Å². The first-order chi connectivity index (χ1) is 8.75. The molecule has 2 aromatic rings. The zero-order chi connectivity index (χ0) is 12.5. The van der Waals surface area contributed by atoms with E-state index in [-0.39, 0.29) is 11.6 Å². The zero-order valence-corrected chi connectivity index (χ0v) is 9.73. The van der Waals surface area contributed by atoms with Gasteiger partial charge in [-0.1, -0.05) is 6.07 Å². The molecule has 1 saturated heterocycles. The van der Waals surface area contributed by atoms with Crippen LogP contribution in [-0.4, -0.2) is 47.1 Å². The maximum Gasteiger partial charge on any atom is 0.323 e. The Labute approximate surface area is 103 Å². The average Bonchev–Trinajstić information content (AvgIpc) is 2.79. The third-order valence-corrected chi connectivity index (χ3v) is 3.08. The third-order valence-electron chi connectivity index (χ3n) is 3.08. The van der Waals surface area contributed by atoms with Crippen LogP contribution in [0.15, 0.2) is 23.0 Å². The predicted octanol–water partition coefficient (Wildman–Crippen LogP) is 0.329. The second-order valence-corrected chi connectivity index (χ2v) is 4.21. The standard InChI is InChI=1S/C12H13N3O3/c16-11(15-4-6-18-7-5-15)8-2-1-3-9-10(8)14-12(17)13-9/h1-3H,4-7H2,(H2,13,14,17). The van der Waals surface area contributed by atoms with E-state index in [0.717, 1.165) is 0 Å². The normalized spacial score (nSPS) is 16.1. The van der Waals surface area contributed by atoms with Gasteiger partial charge in [-0.2, -0.15) is 0 Å². The largest absolute Gasteiger partial charge is 0.378 e. The number of para-hydroxylation sites is 1. The summed E-state index contributed by atoms with van der Waals surface area (Å²) in [6.07, 6.45) is 0. The van der Waals surface area contributed by atoms with E-state index in [4.69, 9.17) is 4.74 Å². The second-order valence-electron chi connectivity index (χ2n) is 4.21. The van der Waals surface area contributed by atoms with Crippen molar-refractivity contribution in [1.29, 1.82) is 0 Å². The highest BCUT2D eigenvalue weighted by atomic mass is 16.5. The van der Waals surface area contributed by atoms with Crippen LogP contribution in [0.4, 0.5) is 0 Å². The van der Waals surface area contributed by atoms with Gasteiger partial charge in [0.2, 0.25) is 0 Å². The molecular formula is C12H13N3O3. The highest BCUT2D eigenvalue weighted by molar-refractivity contribution is 6.04. The number of ether oxygens (including phenoxy) is 1. The number of imidazole rings is 1. The van der Waals surface area contributed by atoms with Crippen molar-refractivity contribution in [2.75, 3.05) is 26.3 Å². The van der Waals surface area contributed by atoms with Crippen LogP contribution in [0.3, 0.4) is 0 Å². The highest BCUT2D eigenvalue weighted by Crippen LogP contribution is 2.16. The van der Waals surface area contributed by atoms with Crippen LogP contribution in [-0.2, 0) is 4.74 Å². The van der Waals surface area contributed by atoms with Gasteiger partial charge in [-0.15, -0.1) is 0 Å². The van der Waals surface area contributed by atoms with Crippen LogP contribution in [0, 0.1) is 0 Å². The fourth-order valence-corrected chi connectivity index (χ4v) is 2.17. The van der Waals surface area contributed by atoms with E-state index in [2.05, 4.69) is 9.97 Å². The first kappa shape index (κ1) is 11.0. The molecule has 6 heteroatoms. The van der Waals surface area contributed by atoms with Crippen molar-refractivity contribution >= 4 is 16.9 Å². The highest BCUT2D eigenvalue weighted by Gasteiger charge is 2.20. The maximum atomic E-state index is 12.4. The van der Waals surface area contributed by atoms with Gasteiger partial charge >= 0.3 is 5.69 Å². The number of hydrogen-bond donors (Lipinski definition) is 2. The Balaban J connectivity index is 2.02. The summed E-state index contributed by atoms with van der Waals surface area (Å²) in [5, 5.41) is 0. The summed E-state index contributed by atoms with van der Waals surface area (Å²) >= 11 is 0. The van der Waals surface area contributed by atoms with Crippen LogP contribution in [0.2, 0.25) is 0 Å². The van der Waals surface area contributed by atoms with Crippen molar-refractivity contribution in [2.45, 2.75) is 0 Å². The van der Waals surface area contributed by atoms with E-state index in [1.807, 2.05) is 0 Å². The van der Waals surface area contributed by atoms with E-state index >= 15 is 0 Å². The monoisotopic (exact) mass is 247 g/mol. The SMILES string of the molecule is O=C(c1cccc2[nH]c(=O)[nH]c12)N1CCOCC1. The van der Waals surface area contributed by atoms with Crippen molar-refractivity contribution < 1.29 is 9.53 Å².